The van der Waals surface area contributed by atoms with Gasteiger partial charge in [-0.2, -0.15) is 0 Å². The Morgan fingerprint density at radius 2 is 1.79 bits per heavy atom. The van der Waals surface area contributed by atoms with E-state index in [1.807, 2.05) is 30.3 Å². The number of esters is 1. The van der Waals surface area contributed by atoms with Gasteiger partial charge in [0.1, 0.15) is 12.6 Å². The third-order valence-electron chi connectivity index (χ3n) is 6.08. The number of carbonyl (C=O) groups is 2. The van der Waals surface area contributed by atoms with Gasteiger partial charge in [0, 0.05) is 12.5 Å². The summed E-state index contributed by atoms with van der Waals surface area (Å²) in [7, 11) is 1.37. The SMILES string of the molecule is COC(=O)[C@H]1[C@H](c2ccc3c(c2)CCCC3)CCN1C(=O)OCc1ccccc1. The van der Waals surface area contributed by atoms with Gasteiger partial charge in [0.15, 0.2) is 0 Å². The van der Waals surface area contributed by atoms with Crippen molar-refractivity contribution in [3.05, 3.63) is 70.8 Å². The first kappa shape index (κ1) is 19.5. The Hall–Kier alpha value is -2.82. The predicted molar refractivity (Wildman–Crippen MR) is 110 cm³/mol. The number of amides is 1. The Bertz CT molecular complexity index is 880. The van der Waals surface area contributed by atoms with Gasteiger partial charge in [0.05, 0.1) is 7.11 Å². The zero-order valence-corrected chi connectivity index (χ0v) is 16.8. The molecule has 0 bridgehead atoms. The van der Waals surface area contributed by atoms with E-state index >= 15 is 0 Å². The molecule has 2 aromatic carbocycles. The monoisotopic (exact) mass is 393 g/mol. The molecule has 1 saturated heterocycles. The molecule has 0 N–H and O–H groups in total. The van der Waals surface area contributed by atoms with Crippen molar-refractivity contribution in [3.8, 4) is 0 Å². The number of carbonyl (C=O) groups excluding carboxylic acids is 2. The molecule has 5 heteroatoms. The van der Waals surface area contributed by atoms with Crippen LogP contribution in [0.1, 0.15) is 47.4 Å². The first-order valence-electron chi connectivity index (χ1n) is 10.3. The number of hydrogen-bond donors (Lipinski definition) is 0. The number of nitrogens with zero attached hydrogens (tertiary/aromatic N) is 1. The largest absolute Gasteiger partial charge is 0.467 e. The normalized spacial score (nSPS) is 20.8. The summed E-state index contributed by atoms with van der Waals surface area (Å²) in [5.41, 5.74) is 4.81. The quantitative estimate of drug-likeness (QED) is 0.730. The molecule has 29 heavy (non-hydrogen) atoms. The summed E-state index contributed by atoms with van der Waals surface area (Å²) in [6.07, 6.45) is 4.91. The third kappa shape index (κ3) is 4.14. The molecule has 2 atom stereocenters. The van der Waals surface area contributed by atoms with E-state index in [-0.39, 0.29) is 18.5 Å². The number of aryl methyl sites for hydroxylation is 2. The van der Waals surface area contributed by atoms with Gasteiger partial charge in [0.2, 0.25) is 0 Å². The molecule has 2 aliphatic rings. The van der Waals surface area contributed by atoms with Crippen molar-refractivity contribution in [3.63, 3.8) is 0 Å². The topological polar surface area (TPSA) is 55.8 Å². The second-order valence-electron chi connectivity index (χ2n) is 7.83. The second kappa shape index (κ2) is 8.68. The molecule has 1 amide bonds. The van der Waals surface area contributed by atoms with Gasteiger partial charge < -0.3 is 9.47 Å². The minimum Gasteiger partial charge on any atom is -0.467 e. The molecule has 0 aromatic heterocycles. The molecule has 0 spiro atoms. The van der Waals surface area contributed by atoms with Gasteiger partial charge in [-0.15, -0.1) is 0 Å². The summed E-state index contributed by atoms with van der Waals surface area (Å²) in [4.78, 5) is 26.9. The van der Waals surface area contributed by atoms with Gasteiger partial charge in [-0.3, -0.25) is 4.90 Å². The fourth-order valence-corrected chi connectivity index (χ4v) is 4.54. The van der Waals surface area contributed by atoms with Crippen LogP contribution in [0.4, 0.5) is 4.79 Å². The number of rotatable bonds is 4. The Morgan fingerprint density at radius 3 is 2.55 bits per heavy atom. The van der Waals surface area contributed by atoms with Crippen LogP contribution < -0.4 is 0 Å². The summed E-state index contributed by atoms with van der Waals surface area (Å²) < 4.78 is 10.5. The van der Waals surface area contributed by atoms with E-state index in [9.17, 15) is 9.59 Å². The van der Waals surface area contributed by atoms with Gasteiger partial charge >= 0.3 is 12.1 Å². The smallest absolute Gasteiger partial charge is 0.410 e. The Morgan fingerprint density at radius 1 is 1.03 bits per heavy atom. The summed E-state index contributed by atoms with van der Waals surface area (Å²) in [6, 6.07) is 15.4. The summed E-state index contributed by atoms with van der Waals surface area (Å²) in [5, 5.41) is 0. The van der Waals surface area contributed by atoms with E-state index in [0.29, 0.717) is 6.54 Å². The third-order valence-corrected chi connectivity index (χ3v) is 6.08. The minimum atomic E-state index is -0.648. The molecule has 4 rings (SSSR count). The molecule has 0 radical (unpaired) electrons. The van der Waals surface area contributed by atoms with E-state index in [1.165, 1.54) is 36.0 Å². The highest BCUT2D eigenvalue weighted by Crippen LogP contribution is 2.36. The average Bonchev–Trinajstić information content (AvgIpc) is 3.22. The molecule has 1 aliphatic heterocycles. The Labute approximate surface area is 171 Å². The van der Waals surface area contributed by atoms with Gasteiger partial charge in [-0.1, -0.05) is 48.5 Å². The lowest BCUT2D eigenvalue weighted by atomic mass is 9.85. The fourth-order valence-electron chi connectivity index (χ4n) is 4.54. The minimum absolute atomic E-state index is 0.0704. The number of benzene rings is 2. The summed E-state index contributed by atoms with van der Waals surface area (Å²) in [5.74, 6) is -0.458. The van der Waals surface area contributed by atoms with Crippen LogP contribution in [0.3, 0.4) is 0 Å². The lowest BCUT2D eigenvalue weighted by Crippen LogP contribution is -2.43. The van der Waals surface area contributed by atoms with Crippen molar-refractivity contribution < 1.29 is 19.1 Å². The molecule has 0 saturated carbocycles. The number of ether oxygens (including phenoxy) is 2. The van der Waals surface area contributed by atoms with Crippen molar-refractivity contribution in [2.75, 3.05) is 13.7 Å². The maximum absolute atomic E-state index is 12.8. The predicted octanol–water partition coefficient (Wildman–Crippen LogP) is 4.23. The van der Waals surface area contributed by atoms with Crippen molar-refractivity contribution >= 4 is 12.1 Å². The van der Waals surface area contributed by atoms with Crippen LogP contribution in [0.15, 0.2) is 48.5 Å². The second-order valence-corrected chi connectivity index (χ2v) is 7.83. The molecule has 5 nitrogen and oxygen atoms in total. The number of methoxy groups -OCH3 is 1. The average molecular weight is 393 g/mol. The highest BCUT2D eigenvalue weighted by atomic mass is 16.6. The molecule has 0 unspecified atom stereocenters. The Balaban J connectivity index is 1.52. The fraction of sp³-hybridized carbons (Fsp3) is 0.417. The zero-order chi connectivity index (χ0) is 20.2. The molecule has 2 aromatic rings. The van der Waals surface area contributed by atoms with Gasteiger partial charge in [-0.25, -0.2) is 9.59 Å². The number of hydrogen-bond acceptors (Lipinski definition) is 4. The van der Waals surface area contributed by atoms with Crippen LogP contribution in [0.25, 0.3) is 0 Å². The lowest BCUT2D eigenvalue weighted by molar-refractivity contribution is -0.145. The molecular weight excluding hydrogens is 366 g/mol. The van der Waals surface area contributed by atoms with Crippen LogP contribution in [0.2, 0.25) is 0 Å². The standard InChI is InChI=1S/C24H27NO4/c1-28-23(26)22-21(20-12-11-18-9-5-6-10-19(18)15-20)13-14-25(22)24(27)29-16-17-7-3-2-4-8-17/h2-4,7-8,11-12,15,21-22H,5-6,9-10,13-14,16H2,1H3/t21-,22+/m0/s1. The lowest BCUT2D eigenvalue weighted by Gasteiger charge is -2.26. The van der Waals surface area contributed by atoms with E-state index in [4.69, 9.17) is 9.47 Å². The molecule has 1 heterocycles. The van der Waals surface area contributed by atoms with Gasteiger partial charge in [0.25, 0.3) is 0 Å². The van der Waals surface area contributed by atoms with Crippen LogP contribution in [-0.4, -0.2) is 36.7 Å². The van der Waals surface area contributed by atoms with E-state index in [0.717, 1.165) is 30.4 Å². The first-order valence-corrected chi connectivity index (χ1v) is 10.3. The molecule has 1 fully saturated rings. The van der Waals surface area contributed by atoms with Crippen molar-refractivity contribution in [1.82, 2.24) is 4.90 Å². The van der Waals surface area contributed by atoms with Crippen LogP contribution in [0.5, 0.6) is 0 Å². The highest BCUT2D eigenvalue weighted by Gasteiger charge is 2.44. The number of fused-ring (bicyclic) bond motifs is 1. The van der Waals surface area contributed by atoms with Crippen LogP contribution in [-0.2, 0) is 33.7 Å². The zero-order valence-electron chi connectivity index (χ0n) is 16.8. The van der Waals surface area contributed by atoms with Crippen LogP contribution in [0, 0.1) is 0 Å². The molecule has 152 valence electrons. The van der Waals surface area contributed by atoms with Gasteiger partial charge in [-0.05, 0) is 54.4 Å². The van der Waals surface area contributed by atoms with E-state index in [2.05, 4.69) is 18.2 Å². The maximum Gasteiger partial charge on any atom is 0.410 e. The van der Waals surface area contributed by atoms with Crippen molar-refractivity contribution in [2.45, 2.75) is 50.7 Å². The first-order chi connectivity index (χ1) is 14.2. The number of likely N-dealkylation sites (tertiary alicyclic amines) is 1. The van der Waals surface area contributed by atoms with Crippen molar-refractivity contribution in [1.29, 1.82) is 0 Å². The highest BCUT2D eigenvalue weighted by molar-refractivity contribution is 5.83. The summed E-state index contributed by atoms with van der Waals surface area (Å²) in [6.45, 7) is 0.669. The van der Waals surface area contributed by atoms with Crippen molar-refractivity contribution in [2.24, 2.45) is 0 Å². The summed E-state index contributed by atoms with van der Waals surface area (Å²) >= 11 is 0. The molecule has 1 aliphatic carbocycles. The maximum atomic E-state index is 12.8. The Kier molecular flexibility index (Phi) is 5.84. The van der Waals surface area contributed by atoms with E-state index in [1.54, 1.807) is 0 Å². The molecular formula is C24H27NO4. The van der Waals surface area contributed by atoms with Crippen LogP contribution >= 0.6 is 0 Å². The van der Waals surface area contributed by atoms with E-state index < -0.39 is 12.1 Å².